The van der Waals surface area contributed by atoms with Crippen molar-refractivity contribution in [1.82, 2.24) is 30.7 Å². The fourth-order valence-corrected chi connectivity index (χ4v) is 2.50. The third kappa shape index (κ3) is 6.43. The van der Waals surface area contributed by atoms with E-state index in [-0.39, 0.29) is 29.9 Å². The number of hydrogen-bond acceptors (Lipinski definition) is 5. The molecule has 132 valence electrons. The maximum atomic E-state index is 11.8. The predicted molar refractivity (Wildman–Crippen MR) is 106 cm³/mol. The second kappa shape index (κ2) is 11.0. The van der Waals surface area contributed by atoms with E-state index in [4.69, 9.17) is 0 Å². The summed E-state index contributed by atoms with van der Waals surface area (Å²) in [6.45, 7) is 1.87. The van der Waals surface area contributed by atoms with Gasteiger partial charge in [-0.15, -0.1) is 35.3 Å². The summed E-state index contributed by atoms with van der Waals surface area (Å²) in [4.78, 5) is 20.8. The second-order valence-electron chi connectivity index (χ2n) is 4.74. The average Bonchev–Trinajstić information content (AvgIpc) is 3.21. The largest absolute Gasteiger partial charge is 0.356 e. The number of thiophene rings is 1. The van der Waals surface area contributed by atoms with Crippen molar-refractivity contribution < 1.29 is 4.79 Å². The molecule has 0 bridgehead atoms. The fourth-order valence-electron chi connectivity index (χ4n) is 1.86. The highest BCUT2D eigenvalue weighted by Gasteiger charge is 2.05. The van der Waals surface area contributed by atoms with E-state index in [1.165, 1.54) is 17.7 Å². The van der Waals surface area contributed by atoms with Gasteiger partial charge < -0.3 is 16.0 Å². The molecule has 0 aliphatic carbocycles. The van der Waals surface area contributed by atoms with Crippen LogP contribution < -0.4 is 16.0 Å². The van der Waals surface area contributed by atoms with Crippen molar-refractivity contribution in [1.29, 1.82) is 0 Å². The molecule has 0 aromatic carbocycles. The van der Waals surface area contributed by atoms with E-state index in [0.29, 0.717) is 25.6 Å². The molecular formula is C14H22IN7OS. The van der Waals surface area contributed by atoms with Crippen LogP contribution >= 0.6 is 35.3 Å². The van der Waals surface area contributed by atoms with Gasteiger partial charge in [-0.1, -0.05) is 6.07 Å². The molecule has 0 saturated carbocycles. The summed E-state index contributed by atoms with van der Waals surface area (Å²) in [5.74, 6) is 1.50. The number of carbonyl (C=O) groups excluding carboxylic acids is 1. The molecule has 8 nitrogen and oxygen atoms in total. The number of nitrogens with zero attached hydrogens (tertiary/aromatic N) is 4. The first-order valence-corrected chi connectivity index (χ1v) is 8.17. The minimum absolute atomic E-state index is 0. The molecular weight excluding hydrogens is 441 g/mol. The SMILES string of the molecule is CN=C(NCCCNC(=O)c1cccs1)NCc1ncnn1C.I. The Morgan fingerprint density at radius 1 is 1.33 bits per heavy atom. The fraction of sp³-hybridized carbons (Fsp3) is 0.429. The predicted octanol–water partition coefficient (Wildman–Crippen LogP) is 0.980. The maximum absolute atomic E-state index is 11.8. The summed E-state index contributed by atoms with van der Waals surface area (Å²) in [6.07, 6.45) is 2.32. The van der Waals surface area contributed by atoms with Gasteiger partial charge >= 0.3 is 0 Å². The van der Waals surface area contributed by atoms with Crippen LogP contribution in [0, 0.1) is 0 Å². The van der Waals surface area contributed by atoms with Crippen LogP contribution in [0.3, 0.4) is 0 Å². The van der Waals surface area contributed by atoms with Crippen molar-refractivity contribution in [3.05, 3.63) is 34.5 Å². The van der Waals surface area contributed by atoms with Crippen molar-refractivity contribution in [3.8, 4) is 0 Å². The second-order valence-corrected chi connectivity index (χ2v) is 5.69. The summed E-state index contributed by atoms with van der Waals surface area (Å²) >= 11 is 1.44. The van der Waals surface area contributed by atoms with Gasteiger partial charge in [0.2, 0.25) is 0 Å². The molecule has 2 rings (SSSR count). The molecule has 0 saturated heterocycles. The van der Waals surface area contributed by atoms with Gasteiger partial charge in [-0.05, 0) is 17.9 Å². The molecule has 0 unspecified atom stereocenters. The van der Waals surface area contributed by atoms with Gasteiger partial charge in [-0.2, -0.15) is 5.10 Å². The number of halogens is 1. The summed E-state index contributed by atoms with van der Waals surface area (Å²) in [5.41, 5.74) is 0. The minimum Gasteiger partial charge on any atom is -0.356 e. The minimum atomic E-state index is -0.0233. The van der Waals surface area contributed by atoms with Gasteiger partial charge in [0.1, 0.15) is 12.2 Å². The smallest absolute Gasteiger partial charge is 0.261 e. The van der Waals surface area contributed by atoms with Crippen molar-refractivity contribution in [2.45, 2.75) is 13.0 Å². The van der Waals surface area contributed by atoms with Crippen molar-refractivity contribution in [2.24, 2.45) is 12.0 Å². The third-order valence-corrected chi connectivity index (χ3v) is 3.99. The Hall–Kier alpha value is -1.69. The van der Waals surface area contributed by atoms with E-state index in [0.717, 1.165) is 17.1 Å². The van der Waals surface area contributed by atoms with E-state index in [9.17, 15) is 4.79 Å². The Bertz CT molecular complexity index is 641. The molecule has 0 atom stereocenters. The van der Waals surface area contributed by atoms with E-state index in [2.05, 4.69) is 31.0 Å². The quantitative estimate of drug-likeness (QED) is 0.246. The number of hydrogen-bond donors (Lipinski definition) is 3. The Balaban J connectivity index is 0.00000288. The van der Waals surface area contributed by atoms with Crippen molar-refractivity contribution in [3.63, 3.8) is 0 Å². The molecule has 0 spiro atoms. The van der Waals surface area contributed by atoms with Crippen LogP contribution in [-0.2, 0) is 13.6 Å². The number of amides is 1. The van der Waals surface area contributed by atoms with E-state index < -0.39 is 0 Å². The molecule has 2 aromatic rings. The van der Waals surface area contributed by atoms with Crippen LogP contribution in [0.5, 0.6) is 0 Å². The molecule has 0 aliphatic rings. The van der Waals surface area contributed by atoms with E-state index in [1.807, 2.05) is 24.6 Å². The number of aliphatic imine (C=N–C) groups is 1. The number of carbonyl (C=O) groups is 1. The molecule has 2 heterocycles. The molecule has 1 amide bonds. The summed E-state index contributed by atoms with van der Waals surface area (Å²) in [7, 11) is 3.56. The summed E-state index contributed by atoms with van der Waals surface area (Å²) in [5, 5.41) is 15.1. The monoisotopic (exact) mass is 463 g/mol. The Morgan fingerprint density at radius 3 is 2.75 bits per heavy atom. The zero-order valence-corrected chi connectivity index (χ0v) is 16.8. The lowest BCUT2D eigenvalue weighted by molar-refractivity contribution is 0.0957. The normalized spacial score (nSPS) is 10.8. The molecule has 3 N–H and O–H groups in total. The zero-order valence-electron chi connectivity index (χ0n) is 13.7. The van der Waals surface area contributed by atoms with Crippen molar-refractivity contribution in [2.75, 3.05) is 20.1 Å². The third-order valence-electron chi connectivity index (χ3n) is 3.12. The number of rotatable bonds is 7. The first kappa shape index (κ1) is 20.4. The van der Waals surface area contributed by atoms with Gasteiger partial charge in [0.15, 0.2) is 5.96 Å². The lowest BCUT2D eigenvalue weighted by Crippen LogP contribution is -2.38. The average molecular weight is 463 g/mol. The molecule has 0 radical (unpaired) electrons. The number of guanidine groups is 1. The molecule has 0 fully saturated rings. The van der Waals surface area contributed by atoms with Crippen molar-refractivity contribution >= 4 is 47.2 Å². The van der Waals surface area contributed by atoms with Crippen LogP contribution in [0.15, 0.2) is 28.8 Å². The van der Waals surface area contributed by atoms with Crippen LogP contribution in [0.4, 0.5) is 0 Å². The van der Waals surface area contributed by atoms with Crippen LogP contribution in [0.2, 0.25) is 0 Å². The Morgan fingerprint density at radius 2 is 2.12 bits per heavy atom. The topological polar surface area (TPSA) is 96.2 Å². The van der Waals surface area contributed by atoms with E-state index >= 15 is 0 Å². The highest BCUT2D eigenvalue weighted by Crippen LogP contribution is 2.07. The van der Waals surface area contributed by atoms with Gasteiger partial charge in [0, 0.05) is 27.2 Å². The molecule has 2 aromatic heterocycles. The first-order chi connectivity index (χ1) is 11.2. The number of aryl methyl sites for hydroxylation is 1. The standard InChI is InChI=1S/C14H21N7OS.HI/c1-15-14(18-9-12-19-10-20-21(12)2)17-7-4-6-16-13(22)11-5-3-8-23-11;/h3,5,8,10H,4,6-7,9H2,1-2H3,(H,16,22)(H2,15,17,18);1H. The molecule has 24 heavy (non-hydrogen) atoms. The molecule has 10 heteroatoms. The Kier molecular flexibility index (Phi) is 9.30. The highest BCUT2D eigenvalue weighted by atomic mass is 127. The summed E-state index contributed by atoms with van der Waals surface area (Å²) in [6, 6.07) is 3.68. The van der Waals surface area contributed by atoms with Crippen LogP contribution in [0.1, 0.15) is 21.9 Å². The van der Waals surface area contributed by atoms with E-state index in [1.54, 1.807) is 11.7 Å². The van der Waals surface area contributed by atoms with Crippen LogP contribution in [-0.4, -0.2) is 46.8 Å². The lowest BCUT2D eigenvalue weighted by Gasteiger charge is -2.11. The Labute approximate surface area is 162 Å². The molecule has 0 aliphatic heterocycles. The first-order valence-electron chi connectivity index (χ1n) is 7.30. The van der Waals surface area contributed by atoms with Crippen LogP contribution in [0.25, 0.3) is 0 Å². The lowest BCUT2D eigenvalue weighted by atomic mass is 10.4. The van der Waals surface area contributed by atoms with Gasteiger partial charge in [-0.3, -0.25) is 14.5 Å². The summed E-state index contributed by atoms with van der Waals surface area (Å²) < 4.78 is 1.71. The highest BCUT2D eigenvalue weighted by molar-refractivity contribution is 14.0. The number of nitrogens with one attached hydrogen (secondary N) is 3. The zero-order chi connectivity index (χ0) is 16.5. The van der Waals surface area contributed by atoms with Gasteiger partial charge in [-0.25, -0.2) is 4.98 Å². The number of aromatic nitrogens is 3. The van der Waals surface area contributed by atoms with Gasteiger partial charge in [0.25, 0.3) is 5.91 Å². The van der Waals surface area contributed by atoms with Gasteiger partial charge in [0.05, 0.1) is 11.4 Å². The maximum Gasteiger partial charge on any atom is 0.261 e.